The van der Waals surface area contributed by atoms with E-state index in [0.717, 1.165) is 5.56 Å². The molecule has 2 aromatic carbocycles. The van der Waals surface area contributed by atoms with E-state index in [-0.39, 0.29) is 12.2 Å². The number of oxazole rings is 1. The molecule has 0 fully saturated rings. The fourth-order valence-electron chi connectivity index (χ4n) is 3.14. The average Bonchev–Trinajstić information content (AvgIpc) is 3.20. The van der Waals surface area contributed by atoms with Crippen LogP contribution in [0.5, 0.6) is 5.75 Å². The highest BCUT2D eigenvalue weighted by atomic mass is 16.6. The third-order valence-corrected chi connectivity index (χ3v) is 4.60. The topological polar surface area (TPSA) is 125 Å². The Bertz CT molecular complexity index is 1330. The second-order valence-electron chi connectivity index (χ2n) is 7.16. The lowest BCUT2D eigenvalue weighted by molar-refractivity contribution is 0.199. The monoisotopic (exact) mass is 411 g/mol. The molecule has 0 aliphatic heterocycles. The van der Waals surface area contributed by atoms with Gasteiger partial charge >= 0.3 is 17.5 Å². The number of nitrogens with one attached hydrogen (secondary N) is 3. The van der Waals surface area contributed by atoms with E-state index in [4.69, 9.17) is 9.15 Å². The van der Waals surface area contributed by atoms with Gasteiger partial charge < -0.3 is 29.3 Å². The number of hydrogen-bond donors (Lipinski definition) is 3. The van der Waals surface area contributed by atoms with Crippen LogP contribution in [0.15, 0.2) is 50.4 Å². The van der Waals surface area contributed by atoms with Crippen molar-refractivity contribution >= 4 is 28.2 Å². The van der Waals surface area contributed by atoms with Crippen molar-refractivity contribution < 1.29 is 13.9 Å². The molecule has 0 radical (unpaired) electrons. The summed E-state index contributed by atoms with van der Waals surface area (Å²) in [4.78, 5) is 43.1. The molecule has 2 heterocycles. The molecule has 0 bridgehead atoms. The number of nitrogens with zero attached hydrogens (tertiary/aromatic N) is 2. The molecule has 30 heavy (non-hydrogen) atoms. The molecule has 0 saturated heterocycles. The lowest BCUT2D eigenvalue weighted by Gasteiger charge is -2.10. The largest absolute Gasteiger partial charge is 0.420 e. The predicted octanol–water partition coefficient (Wildman–Crippen LogP) is 1.46. The molecule has 1 amide bonds. The Hall–Kier alpha value is -3.79. The smallest absolute Gasteiger partial charge is 0.410 e. The summed E-state index contributed by atoms with van der Waals surface area (Å²) in [5.41, 5.74) is 2.73. The molecule has 0 spiro atoms. The Morgan fingerprint density at radius 1 is 1.13 bits per heavy atom. The summed E-state index contributed by atoms with van der Waals surface area (Å²) in [5, 5.41) is 2.66. The number of imidazole rings is 1. The molecule has 3 N–H and O–H groups in total. The number of fused-ring (bicyclic) bond motifs is 2. The van der Waals surface area contributed by atoms with E-state index in [0.29, 0.717) is 41.0 Å². The van der Waals surface area contributed by atoms with Crippen LogP contribution in [-0.2, 0) is 6.54 Å². The van der Waals surface area contributed by atoms with Gasteiger partial charge in [-0.1, -0.05) is 6.07 Å². The molecule has 156 valence electrons. The molecule has 4 rings (SSSR count). The predicted molar refractivity (Wildman–Crippen MR) is 111 cm³/mol. The van der Waals surface area contributed by atoms with Gasteiger partial charge in [0.1, 0.15) is 5.75 Å². The van der Waals surface area contributed by atoms with Crippen LogP contribution in [0.25, 0.3) is 22.1 Å². The Morgan fingerprint density at radius 3 is 2.73 bits per heavy atom. The van der Waals surface area contributed by atoms with Gasteiger partial charge in [-0.05, 0) is 43.9 Å². The van der Waals surface area contributed by atoms with Crippen molar-refractivity contribution in [3.63, 3.8) is 0 Å². The van der Waals surface area contributed by atoms with Crippen molar-refractivity contribution in [2.75, 3.05) is 27.2 Å². The van der Waals surface area contributed by atoms with Crippen molar-refractivity contribution in [1.29, 1.82) is 0 Å². The second-order valence-corrected chi connectivity index (χ2v) is 7.16. The number of H-pyrrole nitrogens is 2. The normalized spacial score (nSPS) is 11.4. The second kappa shape index (κ2) is 7.91. The minimum Gasteiger partial charge on any atom is -0.410 e. The lowest BCUT2D eigenvalue weighted by Crippen LogP contribution is -2.33. The van der Waals surface area contributed by atoms with Gasteiger partial charge in [0, 0.05) is 19.2 Å². The van der Waals surface area contributed by atoms with E-state index in [9.17, 15) is 14.4 Å². The zero-order chi connectivity index (χ0) is 21.3. The number of carbonyl (C=O) groups excluding carboxylic acids is 1. The maximum atomic E-state index is 12.4. The third kappa shape index (κ3) is 4.13. The van der Waals surface area contributed by atoms with Gasteiger partial charge in [0.2, 0.25) is 0 Å². The van der Waals surface area contributed by atoms with Gasteiger partial charge in [-0.3, -0.25) is 4.57 Å². The molecule has 0 saturated carbocycles. The molecule has 0 aliphatic carbocycles. The minimum atomic E-state index is -0.574. The molecule has 4 aromatic rings. The maximum Gasteiger partial charge on any atom is 0.420 e. The number of aromatic nitrogens is 3. The van der Waals surface area contributed by atoms with Crippen molar-refractivity contribution in [2.24, 2.45) is 0 Å². The van der Waals surface area contributed by atoms with Crippen LogP contribution in [0.3, 0.4) is 0 Å². The van der Waals surface area contributed by atoms with Crippen LogP contribution in [0, 0.1) is 0 Å². The van der Waals surface area contributed by atoms with Crippen molar-refractivity contribution in [3.05, 3.63) is 63.0 Å². The maximum absolute atomic E-state index is 12.4. The third-order valence-electron chi connectivity index (χ3n) is 4.60. The number of likely N-dealkylation sites (N-methyl/N-ethyl adjacent to an activating group) is 1. The number of ether oxygens (including phenoxy) is 1. The number of aromatic amines is 2. The first kappa shape index (κ1) is 19.5. The van der Waals surface area contributed by atoms with Crippen LogP contribution < -0.4 is 21.5 Å². The van der Waals surface area contributed by atoms with E-state index < -0.39 is 11.8 Å². The fourth-order valence-corrected chi connectivity index (χ4v) is 3.14. The van der Waals surface area contributed by atoms with E-state index in [1.165, 1.54) is 4.57 Å². The Labute approximate surface area is 170 Å². The van der Waals surface area contributed by atoms with E-state index in [1.807, 2.05) is 25.1 Å². The van der Waals surface area contributed by atoms with Gasteiger partial charge in [0.15, 0.2) is 5.58 Å². The molecular weight excluding hydrogens is 390 g/mol. The van der Waals surface area contributed by atoms with Crippen LogP contribution in [-0.4, -0.2) is 52.7 Å². The first-order chi connectivity index (χ1) is 14.4. The standard InChI is InChI=1S/C20H21N5O5/c1-24(2)8-7-21-19(27)29-13-4-6-17-16(10-13)25(20(28)30-17)11-12-3-5-14-15(9-12)23-18(26)22-14/h3-6,9-10H,7-8,11H2,1-2H3,(H,21,27)(H2,22,23,26). The highest BCUT2D eigenvalue weighted by molar-refractivity contribution is 5.78. The van der Waals surface area contributed by atoms with Crippen LogP contribution in [0.2, 0.25) is 0 Å². The summed E-state index contributed by atoms with van der Waals surface area (Å²) in [6.45, 7) is 1.37. The summed E-state index contributed by atoms with van der Waals surface area (Å²) in [7, 11) is 3.81. The highest BCUT2D eigenvalue weighted by Crippen LogP contribution is 2.21. The lowest BCUT2D eigenvalue weighted by atomic mass is 10.2. The SMILES string of the molecule is CN(C)CCNC(=O)Oc1ccc2oc(=O)n(Cc3ccc4[nH]c(=O)[nH]c4c3)c2c1. The summed E-state index contributed by atoms with van der Waals surface area (Å²) in [6.07, 6.45) is -0.574. The molecule has 0 aliphatic rings. The van der Waals surface area contributed by atoms with Crippen LogP contribution in [0.4, 0.5) is 4.79 Å². The number of carbonyl (C=O) groups is 1. The van der Waals surface area contributed by atoms with E-state index >= 15 is 0 Å². The van der Waals surface area contributed by atoms with Crippen LogP contribution >= 0.6 is 0 Å². The Kier molecular flexibility index (Phi) is 5.15. The fraction of sp³-hybridized carbons (Fsp3) is 0.250. The molecular formula is C20H21N5O5. The summed E-state index contributed by atoms with van der Waals surface area (Å²) < 4.78 is 12.0. The molecule has 0 atom stereocenters. The Balaban J connectivity index is 1.57. The minimum absolute atomic E-state index is 0.230. The summed E-state index contributed by atoms with van der Waals surface area (Å²) in [5.74, 6) is -0.231. The number of benzene rings is 2. The van der Waals surface area contributed by atoms with Gasteiger partial charge in [0.05, 0.1) is 23.1 Å². The van der Waals surface area contributed by atoms with Gasteiger partial charge in [-0.15, -0.1) is 0 Å². The first-order valence-corrected chi connectivity index (χ1v) is 9.34. The van der Waals surface area contributed by atoms with Crippen molar-refractivity contribution in [3.8, 4) is 5.75 Å². The summed E-state index contributed by atoms with van der Waals surface area (Å²) >= 11 is 0. The zero-order valence-electron chi connectivity index (χ0n) is 16.5. The average molecular weight is 411 g/mol. The molecule has 10 nitrogen and oxygen atoms in total. The van der Waals surface area contributed by atoms with Crippen molar-refractivity contribution in [1.82, 2.24) is 24.8 Å². The van der Waals surface area contributed by atoms with E-state index in [1.54, 1.807) is 30.3 Å². The molecule has 0 unspecified atom stereocenters. The van der Waals surface area contributed by atoms with Gasteiger partial charge in [0.25, 0.3) is 0 Å². The Morgan fingerprint density at radius 2 is 1.93 bits per heavy atom. The first-order valence-electron chi connectivity index (χ1n) is 9.34. The number of rotatable bonds is 6. The van der Waals surface area contributed by atoms with E-state index in [2.05, 4.69) is 15.3 Å². The van der Waals surface area contributed by atoms with Crippen LogP contribution in [0.1, 0.15) is 5.56 Å². The quantitative estimate of drug-likeness (QED) is 0.441. The molecule has 2 aromatic heterocycles. The molecule has 10 heteroatoms. The van der Waals surface area contributed by atoms with Gasteiger partial charge in [-0.25, -0.2) is 14.4 Å². The van der Waals surface area contributed by atoms with Gasteiger partial charge in [-0.2, -0.15) is 0 Å². The van der Waals surface area contributed by atoms with Crippen molar-refractivity contribution in [2.45, 2.75) is 6.54 Å². The number of amides is 1. The zero-order valence-corrected chi connectivity index (χ0v) is 16.5. The number of hydrogen-bond acceptors (Lipinski definition) is 6. The highest BCUT2D eigenvalue weighted by Gasteiger charge is 2.13. The summed E-state index contributed by atoms with van der Waals surface area (Å²) in [6, 6.07) is 10.1.